The Labute approximate surface area is 184 Å². The van der Waals surface area contributed by atoms with Crippen molar-refractivity contribution in [3.05, 3.63) is 64.7 Å². The predicted molar refractivity (Wildman–Crippen MR) is 116 cm³/mol. The Bertz CT molecular complexity index is 1030. The molecule has 1 fully saturated rings. The van der Waals surface area contributed by atoms with Crippen LogP contribution in [-0.2, 0) is 9.59 Å². The van der Waals surface area contributed by atoms with Crippen LogP contribution in [0.25, 0.3) is 0 Å². The third-order valence-electron chi connectivity index (χ3n) is 5.78. The maximum atomic E-state index is 13.2. The number of hydrogen-bond acceptors (Lipinski definition) is 4. The fourth-order valence-corrected chi connectivity index (χ4v) is 4.40. The molecule has 4 rings (SSSR count). The first-order valence-corrected chi connectivity index (χ1v) is 10.6. The monoisotopic (exact) mass is 439 g/mol. The number of carbonyl (C=O) groups is 4. The molecule has 7 nitrogen and oxygen atoms in total. The van der Waals surface area contributed by atoms with Crippen LogP contribution in [-0.4, -0.2) is 40.6 Å². The zero-order chi connectivity index (χ0) is 22.0. The van der Waals surface area contributed by atoms with Crippen molar-refractivity contribution in [2.75, 3.05) is 11.9 Å². The number of anilines is 1. The number of benzene rings is 2. The number of imide groups is 1. The van der Waals surface area contributed by atoms with Gasteiger partial charge in [0.25, 0.3) is 11.8 Å². The Kier molecular flexibility index (Phi) is 5.78. The summed E-state index contributed by atoms with van der Waals surface area (Å²) >= 11 is 6.00. The molecule has 0 bridgehead atoms. The Morgan fingerprint density at radius 1 is 0.935 bits per heavy atom. The second kappa shape index (κ2) is 8.51. The Hall–Kier alpha value is -3.19. The Morgan fingerprint density at radius 3 is 2.19 bits per heavy atom. The van der Waals surface area contributed by atoms with Crippen molar-refractivity contribution < 1.29 is 19.2 Å². The normalized spacial score (nSPS) is 17.3. The summed E-state index contributed by atoms with van der Waals surface area (Å²) in [5.74, 6) is -1.88. The lowest BCUT2D eigenvalue weighted by molar-refractivity contribution is -0.131. The van der Waals surface area contributed by atoms with Gasteiger partial charge in [0.15, 0.2) is 0 Å². The zero-order valence-electron chi connectivity index (χ0n) is 16.8. The standard InChI is InChI=1S/C23H22ClN3O4/c24-15-7-6-8-16(13-15)25-22(31)23(11-4-1-5-12-23)26-19(28)14-27-20(29)17-9-2-3-10-18(17)21(27)30/h2-3,6-10,13H,1,4-5,11-12,14H2,(H,25,31)(H,26,28). The number of fused-ring (bicyclic) bond motifs is 1. The minimum absolute atomic E-state index is 0.284. The molecule has 1 aliphatic heterocycles. The van der Waals surface area contributed by atoms with Gasteiger partial charge in [-0.05, 0) is 43.2 Å². The molecule has 2 N–H and O–H groups in total. The summed E-state index contributed by atoms with van der Waals surface area (Å²) in [7, 11) is 0. The summed E-state index contributed by atoms with van der Waals surface area (Å²) in [6.07, 6.45) is 3.51. The van der Waals surface area contributed by atoms with E-state index in [1.165, 1.54) is 0 Å². The average molecular weight is 440 g/mol. The third kappa shape index (κ3) is 4.18. The van der Waals surface area contributed by atoms with Gasteiger partial charge >= 0.3 is 0 Å². The lowest BCUT2D eigenvalue weighted by atomic mass is 9.80. The molecule has 0 radical (unpaired) electrons. The maximum absolute atomic E-state index is 13.2. The molecule has 1 aliphatic carbocycles. The van der Waals surface area contributed by atoms with E-state index in [9.17, 15) is 19.2 Å². The first-order chi connectivity index (χ1) is 14.9. The van der Waals surface area contributed by atoms with Crippen LogP contribution in [0.15, 0.2) is 48.5 Å². The summed E-state index contributed by atoms with van der Waals surface area (Å²) in [5.41, 5.74) is 0.00543. The van der Waals surface area contributed by atoms with E-state index >= 15 is 0 Å². The molecule has 160 valence electrons. The van der Waals surface area contributed by atoms with Gasteiger partial charge in [0, 0.05) is 10.7 Å². The number of halogens is 1. The smallest absolute Gasteiger partial charge is 0.262 e. The molecule has 2 aromatic carbocycles. The van der Waals surface area contributed by atoms with E-state index < -0.39 is 29.8 Å². The lowest BCUT2D eigenvalue weighted by Gasteiger charge is -2.37. The molecule has 1 saturated carbocycles. The van der Waals surface area contributed by atoms with Gasteiger partial charge in [-0.1, -0.05) is 49.1 Å². The first kappa shape index (κ1) is 21.1. The van der Waals surface area contributed by atoms with Crippen molar-refractivity contribution >= 4 is 40.9 Å². The van der Waals surface area contributed by atoms with Gasteiger partial charge in [0.2, 0.25) is 11.8 Å². The molecular weight excluding hydrogens is 418 g/mol. The van der Waals surface area contributed by atoms with Crippen LogP contribution in [0.4, 0.5) is 5.69 Å². The van der Waals surface area contributed by atoms with Gasteiger partial charge in [0.05, 0.1) is 11.1 Å². The predicted octanol–water partition coefficient (Wildman–Crippen LogP) is 3.39. The van der Waals surface area contributed by atoms with Crippen molar-refractivity contribution in [3.63, 3.8) is 0 Å². The van der Waals surface area contributed by atoms with E-state index in [1.807, 2.05) is 0 Å². The highest BCUT2D eigenvalue weighted by Crippen LogP contribution is 2.30. The largest absolute Gasteiger partial charge is 0.340 e. The minimum atomic E-state index is -1.10. The van der Waals surface area contributed by atoms with E-state index in [2.05, 4.69) is 10.6 Å². The molecule has 8 heteroatoms. The van der Waals surface area contributed by atoms with E-state index in [-0.39, 0.29) is 17.0 Å². The summed E-state index contributed by atoms with van der Waals surface area (Å²) in [5, 5.41) is 6.16. The summed E-state index contributed by atoms with van der Waals surface area (Å²) in [4.78, 5) is 52.1. The van der Waals surface area contributed by atoms with Gasteiger partial charge in [0.1, 0.15) is 12.1 Å². The molecule has 2 aromatic rings. The number of nitrogens with zero attached hydrogens (tertiary/aromatic N) is 1. The molecule has 0 unspecified atom stereocenters. The third-order valence-corrected chi connectivity index (χ3v) is 6.02. The van der Waals surface area contributed by atoms with Crippen molar-refractivity contribution in [1.29, 1.82) is 0 Å². The van der Waals surface area contributed by atoms with Crippen LogP contribution >= 0.6 is 11.6 Å². The van der Waals surface area contributed by atoms with Gasteiger partial charge in [-0.3, -0.25) is 24.1 Å². The highest BCUT2D eigenvalue weighted by Gasteiger charge is 2.42. The SMILES string of the molecule is O=C(CN1C(=O)c2ccccc2C1=O)NC1(C(=O)Nc2cccc(Cl)c2)CCCCC1. The highest BCUT2D eigenvalue weighted by atomic mass is 35.5. The number of nitrogens with one attached hydrogen (secondary N) is 2. The van der Waals surface area contributed by atoms with Gasteiger partial charge in [-0.25, -0.2) is 0 Å². The second-order valence-corrected chi connectivity index (χ2v) is 8.33. The molecule has 2 aliphatic rings. The van der Waals surface area contributed by atoms with E-state index in [1.54, 1.807) is 48.5 Å². The van der Waals surface area contributed by atoms with Crippen molar-refractivity contribution in [2.24, 2.45) is 0 Å². The lowest BCUT2D eigenvalue weighted by Crippen LogP contribution is -2.59. The molecule has 4 amide bonds. The second-order valence-electron chi connectivity index (χ2n) is 7.90. The van der Waals surface area contributed by atoms with Gasteiger partial charge in [-0.15, -0.1) is 0 Å². The number of amides is 4. The van der Waals surface area contributed by atoms with Crippen molar-refractivity contribution in [3.8, 4) is 0 Å². The quantitative estimate of drug-likeness (QED) is 0.698. The maximum Gasteiger partial charge on any atom is 0.262 e. The molecule has 0 atom stereocenters. The fraction of sp³-hybridized carbons (Fsp3) is 0.304. The van der Waals surface area contributed by atoms with E-state index in [4.69, 9.17) is 11.6 Å². The van der Waals surface area contributed by atoms with Crippen LogP contribution in [0.1, 0.15) is 52.8 Å². The molecule has 31 heavy (non-hydrogen) atoms. The zero-order valence-corrected chi connectivity index (χ0v) is 17.6. The van der Waals surface area contributed by atoms with Crippen LogP contribution in [0, 0.1) is 0 Å². The van der Waals surface area contributed by atoms with Crippen molar-refractivity contribution in [2.45, 2.75) is 37.6 Å². The average Bonchev–Trinajstić information content (AvgIpc) is 2.99. The van der Waals surface area contributed by atoms with Gasteiger partial charge < -0.3 is 10.6 Å². The number of carbonyl (C=O) groups excluding carboxylic acids is 4. The van der Waals surface area contributed by atoms with Crippen LogP contribution in [0.2, 0.25) is 5.02 Å². The highest BCUT2D eigenvalue weighted by molar-refractivity contribution is 6.31. The van der Waals surface area contributed by atoms with Gasteiger partial charge in [-0.2, -0.15) is 0 Å². The Morgan fingerprint density at radius 2 is 1.58 bits per heavy atom. The van der Waals surface area contributed by atoms with Crippen LogP contribution in [0.3, 0.4) is 0 Å². The topological polar surface area (TPSA) is 95.6 Å². The minimum Gasteiger partial charge on any atom is -0.340 e. The van der Waals surface area contributed by atoms with Crippen LogP contribution in [0.5, 0.6) is 0 Å². The van der Waals surface area contributed by atoms with E-state index in [0.717, 1.165) is 24.2 Å². The Balaban J connectivity index is 1.49. The van der Waals surface area contributed by atoms with Crippen molar-refractivity contribution in [1.82, 2.24) is 10.2 Å². The van der Waals surface area contributed by atoms with Crippen LogP contribution < -0.4 is 10.6 Å². The molecule has 1 heterocycles. The number of hydrogen-bond donors (Lipinski definition) is 2. The fourth-order valence-electron chi connectivity index (χ4n) is 4.21. The molecule has 0 saturated heterocycles. The summed E-state index contributed by atoms with van der Waals surface area (Å²) in [6, 6.07) is 13.3. The molecule has 0 aromatic heterocycles. The summed E-state index contributed by atoms with van der Waals surface area (Å²) in [6.45, 7) is -0.432. The molecular formula is C23H22ClN3O4. The summed E-state index contributed by atoms with van der Waals surface area (Å²) < 4.78 is 0. The van der Waals surface area contributed by atoms with E-state index in [0.29, 0.717) is 23.6 Å². The molecule has 0 spiro atoms. The first-order valence-electron chi connectivity index (χ1n) is 10.2. The number of rotatable bonds is 5.